The second-order valence-electron chi connectivity index (χ2n) is 10.5. The number of amides is 3. The predicted octanol–water partition coefficient (Wildman–Crippen LogP) is 6.98. The summed E-state index contributed by atoms with van der Waals surface area (Å²) in [5, 5.41) is 18.4. The van der Waals surface area contributed by atoms with Crippen LogP contribution in [0.15, 0.2) is 88.3 Å². The molecule has 0 radical (unpaired) electrons. The van der Waals surface area contributed by atoms with E-state index in [9.17, 15) is 32.1 Å². The number of hydrogen-bond acceptors (Lipinski definition) is 9. The van der Waals surface area contributed by atoms with E-state index in [2.05, 4.69) is 30.3 Å². The number of halogens is 3. The van der Waals surface area contributed by atoms with E-state index in [1.165, 1.54) is 30.3 Å². The fourth-order valence-corrected chi connectivity index (χ4v) is 5.41. The molecule has 1 aromatic heterocycles. The van der Waals surface area contributed by atoms with Gasteiger partial charge in [0, 0.05) is 53.1 Å². The highest BCUT2D eigenvalue weighted by atomic mass is 32.2. The Labute approximate surface area is 275 Å². The van der Waals surface area contributed by atoms with Gasteiger partial charge < -0.3 is 25.8 Å². The van der Waals surface area contributed by atoms with Gasteiger partial charge in [-0.15, -0.1) is 4.36 Å². The Morgan fingerprint density at radius 1 is 1.06 bits per heavy atom. The highest BCUT2D eigenvalue weighted by Gasteiger charge is 2.30. The van der Waals surface area contributed by atoms with Crippen LogP contribution in [0.4, 0.5) is 51.6 Å². The van der Waals surface area contributed by atoms with E-state index in [-0.39, 0.29) is 35.8 Å². The predicted molar refractivity (Wildman–Crippen MR) is 178 cm³/mol. The Hall–Kier alpha value is -5.22. The van der Waals surface area contributed by atoms with E-state index >= 15 is 0 Å². The Balaban J connectivity index is 1.55. The zero-order valence-corrected chi connectivity index (χ0v) is 27.2. The first-order valence-corrected chi connectivity index (χ1v) is 16.5. The highest BCUT2D eigenvalue weighted by molar-refractivity contribution is 7.93. The number of ether oxygens (including phenoxy) is 1. The number of alkyl halides is 3. The fraction of sp³-hybridized carbons (Fsp3) is 0.250. The van der Waals surface area contributed by atoms with Gasteiger partial charge in [0.25, 0.3) is 0 Å². The fourth-order valence-electron chi connectivity index (χ4n) is 4.29. The van der Waals surface area contributed by atoms with Crippen LogP contribution in [0.5, 0.6) is 0 Å². The lowest BCUT2D eigenvalue weighted by Crippen LogP contribution is -2.31. The normalized spacial score (nSPS) is 13.1. The smallest absolute Gasteiger partial charge is 0.442 e. The zero-order valence-electron chi connectivity index (χ0n) is 26.4. The van der Waals surface area contributed by atoms with Crippen molar-refractivity contribution in [2.75, 3.05) is 47.4 Å². The van der Waals surface area contributed by atoms with Gasteiger partial charge in [-0.25, -0.2) is 18.8 Å². The van der Waals surface area contributed by atoms with Gasteiger partial charge in [-0.05, 0) is 67.9 Å². The van der Waals surface area contributed by atoms with Gasteiger partial charge in [0.2, 0.25) is 5.95 Å². The van der Waals surface area contributed by atoms with Crippen LogP contribution in [0.1, 0.15) is 19.4 Å². The summed E-state index contributed by atoms with van der Waals surface area (Å²) in [4.78, 5) is 35.2. The third kappa shape index (κ3) is 9.19. The van der Waals surface area contributed by atoms with Gasteiger partial charge >= 0.3 is 18.3 Å². The van der Waals surface area contributed by atoms with E-state index in [0.29, 0.717) is 28.3 Å². The average Bonchev–Trinajstić information content (AvgIpc) is 3.04. The van der Waals surface area contributed by atoms with E-state index in [1.807, 2.05) is 0 Å². The molecule has 0 bridgehead atoms. The number of hydrogen-bond donors (Lipinski definition) is 4. The molecule has 4 aromatic rings. The highest BCUT2D eigenvalue weighted by Crippen LogP contribution is 2.32. The summed E-state index contributed by atoms with van der Waals surface area (Å²) in [5.41, 5.74) is 1.30. The van der Waals surface area contributed by atoms with Crippen molar-refractivity contribution in [3.63, 3.8) is 0 Å². The SMILES string of the molecule is CCOC(=O)N=S(C)(=O)c1cccc(Nc2ncc(-c3ccc(N(C)C(=O)Nc4cccc(C(F)(F)F)c4)cc3)c(N[C@H](C)CO)n2)c1. The van der Waals surface area contributed by atoms with Gasteiger partial charge in [-0.1, -0.05) is 24.3 Å². The number of aliphatic hydroxyl groups excluding tert-OH is 1. The minimum Gasteiger partial charge on any atom is -0.448 e. The van der Waals surface area contributed by atoms with Crippen molar-refractivity contribution in [2.45, 2.75) is 31.0 Å². The lowest BCUT2D eigenvalue weighted by Gasteiger charge is -2.20. The molecule has 1 heterocycles. The Bertz CT molecular complexity index is 1900. The van der Waals surface area contributed by atoms with Crippen LogP contribution in [0.25, 0.3) is 11.1 Å². The molecule has 0 saturated heterocycles. The molecule has 0 fully saturated rings. The topological polar surface area (TPSA) is 158 Å². The Morgan fingerprint density at radius 2 is 1.75 bits per heavy atom. The van der Waals surface area contributed by atoms with Crippen LogP contribution in [0.2, 0.25) is 0 Å². The van der Waals surface area contributed by atoms with Crippen LogP contribution in [0, 0.1) is 0 Å². The minimum atomic E-state index is -4.54. The van der Waals surface area contributed by atoms with Gasteiger partial charge in [0.05, 0.1) is 28.5 Å². The van der Waals surface area contributed by atoms with Crippen molar-refractivity contribution in [1.82, 2.24) is 9.97 Å². The molecule has 3 amide bonds. The van der Waals surface area contributed by atoms with E-state index < -0.39 is 33.6 Å². The number of aliphatic hydroxyl groups is 1. The summed E-state index contributed by atoms with van der Waals surface area (Å²) in [6, 6.07) is 16.6. The first kappa shape index (κ1) is 35.6. The second kappa shape index (κ2) is 15.1. The molecule has 4 N–H and O–H groups in total. The van der Waals surface area contributed by atoms with E-state index in [1.54, 1.807) is 68.6 Å². The maximum atomic E-state index is 13.1. The quantitative estimate of drug-likeness (QED) is 0.138. The number of carbonyl (C=O) groups is 2. The molecular weight excluding hydrogens is 651 g/mol. The molecule has 12 nitrogen and oxygen atoms in total. The van der Waals surface area contributed by atoms with Gasteiger partial charge in [-0.2, -0.15) is 18.2 Å². The monoisotopic (exact) mass is 685 g/mol. The minimum absolute atomic E-state index is 0.000412. The molecular formula is C32H34F3N7O5S. The standard InChI is InChI=1S/C32H34F3N7O5S/c1-5-47-31(45)41-48(4,46)26-11-7-10-24(17-26)38-29-36-18-27(28(40-29)37-20(2)19-43)21-12-14-25(15-13-21)42(3)30(44)39-23-9-6-8-22(16-23)32(33,34)35/h6-18,20,43H,5,19H2,1-4H3,(H,39,44)(H2,36,37,38,40)/t20-,48?/m1/s1. The molecule has 16 heteroatoms. The van der Waals surface area contributed by atoms with Crippen molar-refractivity contribution in [1.29, 1.82) is 0 Å². The van der Waals surface area contributed by atoms with Gasteiger partial charge in [-0.3, -0.25) is 4.90 Å². The maximum absolute atomic E-state index is 13.1. The van der Waals surface area contributed by atoms with Crippen LogP contribution in [0.3, 0.4) is 0 Å². The Kier molecular flexibility index (Phi) is 11.2. The van der Waals surface area contributed by atoms with Crippen LogP contribution in [-0.4, -0.2) is 64.0 Å². The van der Waals surface area contributed by atoms with Crippen molar-refractivity contribution in [3.8, 4) is 11.1 Å². The van der Waals surface area contributed by atoms with Crippen LogP contribution >= 0.6 is 0 Å². The summed E-state index contributed by atoms with van der Waals surface area (Å²) in [6.07, 6.45) is -2.57. The number of carbonyl (C=O) groups excluding carboxylic acids is 2. The number of anilines is 5. The van der Waals surface area contributed by atoms with Crippen LogP contribution in [-0.2, 0) is 20.6 Å². The maximum Gasteiger partial charge on any atom is 0.442 e. The number of urea groups is 1. The molecule has 0 spiro atoms. The number of rotatable bonds is 10. The van der Waals surface area contributed by atoms with E-state index in [4.69, 9.17) is 4.74 Å². The molecule has 0 aliphatic heterocycles. The van der Waals surface area contributed by atoms with Crippen molar-refractivity contribution in [2.24, 2.45) is 4.36 Å². The summed E-state index contributed by atoms with van der Waals surface area (Å²) < 4.78 is 60.8. The first-order chi connectivity index (χ1) is 22.7. The average molecular weight is 686 g/mol. The van der Waals surface area contributed by atoms with Crippen molar-refractivity contribution < 1.29 is 36.8 Å². The third-order valence-electron chi connectivity index (χ3n) is 6.80. The lowest BCUT2D eigenvalue weighted by atomic mass is 10.1. The van der Waals surface area contributed by atoms with Gasteiger partial charge in [0.15, 0.2) is 0 Å². The molecule has 2 atom stereocenters. The van der Waals surface area contributed by atoms with Crippen molar-refractivity contribution in [3.05, 3.63) is 84.6 Å². The number of aromatic nitrogens is 2. The molecule has 3 aromatic carbocycles. The Morgan fingerprint density at radius 3 is 2.42 bits per heavy atom. The molecule has 0 aliphatic rings. The summed E-state index contributed by atoms with van der Waals surface area (Å²) in [5.74, 6) is 0.557. The molecule has 254 valence electrons. The van der Waals surface area contributed by atoms with Gasteiger partial charge in [0.1, 0.15) is 5.82 Å². The molecule has 0 aliphatic carbocycles. The number of benzene rings is 3. The molecule has 4 rings (SSSR count). The molecule has 1 unspecified atom stereocenters. The largest absolute Gasteiger partial charge is 0.448 e. The molecule has 0 saturated carbocycles. The molecule has 48 heavy (non-hydrogen) atoms. The third-order valence-corrected chi connectivity index (χ3v) is 8.43. The zero-order chi connectivity index (χ0) is 35.1. The lowest BCUT2D eigenvalue weighted by molar-refractivity contribution is -0.137. The summed E-state index contributed by atoms with van der Waals surface area (Å²) >= 11 is 0. The second-order valence-corrected chi connectivity index (χ2v) is 12.8. The van der Waals surface area contributed by atoms with Crippen LogP contribution < -0.4 is 20.9 Å². The van der Waals surface area contributed by atoms with E-state index in [0.717, 1.165) is 12.1 Å². The summed E-state index contributed by atoms with van der Waals surface area (Å²) in [6.45, 7) is 3.29. The summed E-state index contributed by atoms with van der Waals surface area (Å²) in [7, 11) is -1.61. The number of nitrogens with one attached hydrogen (secondary N) is 3. The number of nitrogens with zero attached hydrogens (tertiary/aromatic N) is 4. The van der Waals surface area contributed by atoms with Crippen molar-refractivity contribution >= 4 is 50.7 Å². The first-order valence-electron chi connectivity index (χ1n) is 14.5.